The highest BCUT2D eigenvalue weighted by Gasteiger charge is 2.04. The van der Waals surface area contributed by atoms with Crippen molar-refractivity contribution in [2.75, 3.05) is 13.6 Å². The Morgan fingerprint density at radius 1 is 1.36 bits per heavy atom. The largest absolute Gasteiger partial charge is 0.293 e. The monoisotopic (exact) mass is 187 g/mol. The first-order valence-corrected chi connectivity index (χ1v) is 4.94. The molecule has 0 aliphatic rings. The van der Waals surface area contributed by atoms with E-state index in [0.717, 1.165) is 13.0 Å². The fraction of sp³-hybridized carbons (Fsp3) is 0.385. The molecule has 1 rings (SSSR count). The number of nitrogens with zero attached hydrogens (tertiary/aromatic N) is 1. The molecule has 1 unspecified atom stereocenters. The lowest BCUT2D eigenvalue weighted by atomic mass is 10.1. The zero-order chi connectivity index (χ0) is 10.4. The summed E-state index contributed by atoms with van der Waals surface area (Å²) in [4.78, 5) is 2.19. The standard InChI is InChI=1S/C13H17N/c1-4-12(2)14(3)11-10-13-8-6-5-7-9-13/h1,5-9,12H,10-11H2,2-3H3. The molecule has 14 heavy (non-hydrogen) atoms. The van der Waals surface area contributed by atoms with E-state index in [1.165, 1.54) is 5.56 Å². The van der Waals surface area contributed by atoms with E-state index in [9.17, 15) is 0 Å². The van der Waals surface area contributed by atoms with Crippen LogP contribution in [-0.4, -0.2) is 24.5 Å². The first-order chi connectivity index (χ1) is 6.74. The highest BCUT2D eigenvalue weighted by Crippen LogP contribution is 2.02. The van der Waals surface area contributed by atoms with Crippen LogP contribution < -0.4 is 0 Å². The molecular weight excluding hydrogens is 170 g/mol. The van der Waals surface area contributed by atoms with E-state index < -0.39 is 0 Å². The van der Waals surface area contributed by atoms with E-state index in [-0.39, 0.29) is 6.04 Å². The zero-order valence-corrected chi connectivity index (χ0v) is 8.90. The van der Waals surface area contributed by atoms with Gasteiger partial charge in [-0.25, -0.2) is 0 Å². The van der Waals surface area contributed by atoms with Gasteiger partial charge in [-0.1, -0.05) is 36.3 Å². The summed E-state index contributed by atoms with van der Waals surface area (Å²) in [5.74, 6) is 2.73. The third kappa shape index (κ3) is 3.24. The Morgan fingerprint density at radius 3 is 2.57 bits per heavy atom. The molecule has 0 aromatic heterocycles. The number of rotatable bonds is 4. The van der Waals surface area contributed by atoms with Crippen LogP contribution in [0.25, 0.3) is 0 Å². The molecule has 0 heterocycles. The van der Waals surface area contributed by atoms with Crippen LogP contribution in [0.15, 0.2) is 30.3 Å². The fourth-order valence-corrected chi connectivity index (χ4v) is 1.27. The van der Waals surface area contributed by atoms with Crippen molar-refractivity contribution >= 4 is 0 Å². The normalized spacial score (nSPS) is 12.4. The van der Waals surface area contributed by atoms with Gasteiger partial charge in [0, 0.05) is 6.54 Å². The van der Waals surface area contributed by atoms with E-state index in [1.807, 2.05) is 13.0 Å². The van der Waals surface area contributed by atoms with Gasteiger partial charge in [0.05, 0.1) is 6.04 Å². The molecule has 1 nitrogen and oxygen atoms in total. The van der Waals surface area contributed by atoms with Crippen molar-refractivity contribution in [2.45, 2.75) is 19.4 Å². The topological polar surface area (TPSA) is 3.24 Å². The van der Waals surface area contributed by atoms with E-state index >= 15 is 0 Å². The molecule has 0 spiro atoms. The molecule has 0 saturated heterocycles. The minimum Gasteiger partial charge on any atom is -0.293 e. The maximum Gasteiger partial charge on any atom is 0.0680 e. The molecule has 0 N–H and O–H groups in total. The average molecular weight is 187 g/mol. The number of benzene rings is 1. The molecule has 0 saturated carbocycles. The third-order valence-corrected chi connectivity index (χ3v) is 2.50. The van der Waals surface area contributed by atoms with Crippen molar-refractivity contribution in [3.8, 4) is 12.3 Å². The van der Waals surface area contributed by atoms with Gasteiger partial charge in [-0.3, -0.25) is 4.90 Å². The summed E-state index contributed by atoms with van der Waals surface area (Å²) in [5.41, 5.74) is 1.36. The van der Waals surface area contributed by atoms with Gasteiger partial charge < -0.3 is 0 Å². The molecule has 0 aliphatic heterocycles. The lowest BCUT2D eigenvalue weighted by Gasteiger charge is -2.19. The Kier molecular flexibility index (Phi) is 4.22. The van der Waals surface area contributed by atoms with Crippen molar-refractivity contribution in [2.24, 2.45) is 0 Å². The maximum atomic E-state index is 5.35. The number of terminal acetylenes is 1. The van der Waals surface area contributed by atoms with E-state index in [0.29, 0.717) is 0 Å². The minimum atomic E-state index is 0.221. The Hall–Kier alpha value is -1.26. The van der Waals surface area contributed by atoms with Crippen molar-refractivity contribution < 1.29 is 0 Å². The molecule has 74 valence electrons. The molecule has 1 heteroatoms. The summed E-state index contributed by atoms with van der Waals surface area (Å²) in [7, 11) is 2.06. The highest BCUT2D eigenvalue weighted by atomic mass is 15.1. The van der Waals surface area contributed by atoms with Gasteiger partial charge in [-0.05, 0) is 26.0 Å². The lowest BCUT2D eigenvalue weighted by molar-refractivity contribution is 0.308. The SMILES string of the molecule is C#CC(C)N(C)CCc1ccccc1. The van der Waals surface area contributed by atoms with Crippen LogP contribution in [-0.2, 0) is 6.42 Å². The van der Waals surface area contributed by atoms with Crippen LogP contribution in [0.1, 0.15) is 12.5 Å². The molecule has 1 atom stereocenters. The number of hydrogen-bond donors (Lipinski definition) is 0. The van der Waals surface area contributed by atoms with Crippen LogP contribution in [0.5, 0.6) is 0 Å². The van der Waals surface area contributed by atoms with Crippen molar-refractivity contribution in [1.29, 1.82) is 0 Å². The molecule has 0 fully saturated rings. The van der Waals surface area contributed by atoms with Gasteiger partial charge in [-0.2, -0.15) is 0 Å². The van der Waals surface area contributed by atoms with Crippen LogP contribution in [0.3, 0.4) is 0 Å². The Morgan fingerprint density at radius 2 is 2.00 bits per heavy atom. The summed E-state index contributed by atoms with van der Waals surface area (Å²) in [6.45, 7) is 3.06. The van der Waals surface area contributed by atoms with E-state index in [4.69, 9.17) is 6.42 Å². The molecule has 0 amide bonds. The summed E-state index contributed by atoms with van der Waals surface area (Å²) in [5, 5.41) is 0. The maximum absolute atomic E-state index is 5.35. The second kappa shape index (κ2) is 5.47. The van der Waals surface area contributed by atoms with Crippen molar-refractivity contribution in [3.05, 3.63) is 35.9 Å². The quantitative estimate of drug-likeness (QED) is 0.653. The molecule has 0 bridgehead atoms. The first-order valence-electron chi connectivity index (χ1n) is 4.94. The number of hydrogen-bond acceptors (Lipinski definition) is 1. The van der Waals surface area contributed by atoms with Gasteiger partial charge in [0.15, 0.2) is 0 Å². The average Bonchev–Trinajstić information content (AvgIpc) is 2.26. The summed E-state index contributed by atoms with van der Waals surface area (Å²) in [6, 6.07) is 10.7. The lowest BCUT2D eigenvalue weighted by Crippen LogP contribution is -2.29. The molecule has 1 aromatic carbocycles. The van der Waals surface area contributed by atoms with E-state index in [2.05, 4.69) is 42.1 Å². The van der Waals surface area contributed by atoms with Crippen LogP contribution in [0.2, 0.25) is 0 Å². The highest BCUT2D eigenvalue weighted by molar-refractivity contribution is 5.15. The summed E-state index contributed by atoms with van der Waals surface area (Å²) in [6.07, 6.45) is 6.41. The van der Waals surface area contributed by atoms with Crippen LogP contribution in [0, 0.1) is 12.3 Å². The Bertz CT molecular complexity index is 297. The van der Waals surface area contributed by atoms with Gasteiger partial charge >= 0.3 is 0 Å². The van der Waals surface area contributed by atoms with Gasteiger partial charge in [0.2, 0.25) is 0 Å². The van der Waals surface area contributed by atoms with Crippen LogP contribution in [0.4, 0.5) is 0 Å². The Balaban J connectivity index is 2.39. The summed E-state index contributed by atoms with van der Waals surface area (Å²) < 4.78 is 0. The third-order valence-electron chi connectivity index (χ3n) is 2.50. The minimum absolute atomic E-state index is 0.221. The smallest absolute Gasteiger partial charge is 0.0680 e. The van der Waals surface area contributed by atoms with Crippen molar-refractivity contribution in [1.82, 2.24) is 4.90 Å². The molecule has 0 aliphatic carbocycles. The molecule has 0 radical (unpaired) electrons. The molecule has 1 aromatic rings. The van der Waals surface area contributed by atoms with Gasteiger partial charge in [0.1, 0.15) is 0 Å². The van der Waals surface area contributed by atoms with Crippen LogP contribution >= 0.6 is 0 Å². The number of likely N-dealkylation sites (N-methyl/N-ethyl adjacent to an activating group) is 1. The fourth-order valence-electron chi connectivity index (χ4n) is 1.27. The predicted octanol–water partition coefficient (Wildman–Crippen LogP) is 2.18. The Labute approximate surface area is 86.7 Å². The second-order valence-electron chi connectivity index (χ2n) is 3.56. The molecular formula is C13H17N. The van der Waals surface area contributed by atoms with E-state index in [1.54, 1.807) is 0 Å². The van der Waals surface area contributed by atoms with Gasteiger partial charge in [-0.15, -0.1) is 6.42 Å². The first kappa shape index (κ1) is 10.8. The van der Waals surface area contributed by atoms with Crippen molar-refractivity contribution in [3.63, 3.8) is 0 Å². The zero-order valence-electron chi connectivity index (χ0n) is 8.90. The predicted molar refractivity (Wildman–Crippen MR) is 61.1 cm³/mol. The summed E-state index contributed by atoms with van der Waals surface area (Å²) >= 11 is 0. The second-order valence-corrected chi connectivity index (χ2v) is 3.56. The van der Waals surface area contributed by atoms with Gasteiger partial charge in [0.25, 0.3) is 0 Å².